The minimum Gasteiger partial charge on any atom is -0.383 e. The Morgan fingerprint density at radius 3 is 2.69 bits per heavy atom. The first-order chi connectivity index (χ1) is 16.8. The molecule has 0 radical (unpaired) electrons. The molecule has 1 aliphatic rings. The standard InChI is InChI=1S/C25H27ClN4O3S2/c1-4-5-10-29-22(28-15-17-8-6-7-9-20(17)26)18(16(2)19(14-27)23(29)31)13-21-24(32)30(11-12-33-3)25(34)35-21/h6-9,13,28H,4-5,10-12,15H2,1-3H3/b21-13+. The molecule has 1 aromatic carbocycles. The van der Waals surface area contributed by atoms with Gasteiger partial charge in [0.2, 0.25) is 0 Å². The van der Waals surface area contributed by atoms with E-state index in [0.717, 1.165) is 18.4 Å². The number of amides is 1. The molecule has 7 nitrogen and oxygen atoms in total. The maximum atomic E-state index is 13.2. The number of thiocarbonyl (C=S) groups is 1. The lowest BCUT2D eigenvalue weighted by molar-refractivity contribution is -0.122. The van der Waals surface area contributed by atoms with Crippen LogP contribution in [0, 0.1) is 18.3 Å². The number of methoxy groups -OCH3 is 1. The van der Waals surface area contributed by atoms with Crippen molar-refractivity contribution in [3.8, 4) is 6.07 Å². The third-order valence-electron chi connectivity index (χ3n) is 5.68. The summed E-state index contributed by atoms with van der Waals surface area (Å²) in [6.07, 6.45) is 3.35. The number of benzene rings is 1. The summed E-state index contributed by atoms with van der Waals surface area (Å²) in [7, 11) is 1.57. The average Bonchev–Trinajstić information content (AvgIpc) is 3.11. The molecule has 0 bridgehead atoms. The molecule has 1 aromatic heterocycles. The summed E-state index contributed by atoms with van der Waals surface area (Å²) in [4.78, 5) is 28.2. The number of nitriles is 1. The molecule has 184 valence electrons. The van der Waals surface area contributed by atoms with Crippen LogP contribution in [0.2, 0.25) is 5.02 Å². The zero-order valence-corrected chi connectivity index (χ0v) is 22.3. The topological polar surface area (TPSA) is 87.4 Å². The van der Waals surface area contributed by atoms with E-state index in [2.05, 4.69) is 11.4 Å². The van der Waals surface area contributed by atoms with Crippen LogP contribution in [0.5, 0.6) is 0 Å². The number of carbonyl (C=O) groups is 1. The fraction of sp³-hybridized carbons (Fsp3) is 0.360. The molecule has 0 unspecified atom stereocenters. The van der Waals surface area contributed by atoms with Gasteiger partial charge in [-0.25, -0.2) is 0 Å². The Kier molecular flexibility index (Phi) is 9.52. The van der Waals surface area contributed by atoms with Gasteiger partial charge in [-0.1, -0.05) is 67.1 Å². The predicted molar refractivity (Wildman–Crippen MR) is 146 cm³/mol. The second kappa shape index (κ2) is 12.4. The molecule has 10 heteroatoms. The minimum atomic E-state index is -0.357. The maximum absolute atomic E-state index is 13.2. The lowest BCUT2D eigenvalue weighted by Crippen LogP contribution is -2.31. The van der Waals surface area contributed by atoms with Gasteiger partial charge in [-0.05, 0) is 36.6 Å². The van der Waals surface area contributed by atoms with E-state index in [9.17, 15) is 14.9 Å². The van der Waals surface area contributed by atoms with Gasteiger partial charge < -0.3 is 10.1 Å². The Labute approximate surface area is 219 Å². The number of aromatic nitrogens is 1. The average molecular weight is 531 g/mol. The number of ether oxygens (including phenoxy) is 1. The molecule has 2 aromatic rings. The van der Waals surface area contributed by atoms with Gasteiger partial charge in [0.1, 0.15) is 21.8 Å². The third kappa shape index (κ3) is 5.96. The van der Waals surface area contributed by atoms with Gasteiger partial charge in [-0.3, -0.25) is 19.1 Å². The van der Waals surface area contributed by atoms with Crippen molar-refractivity contribution < 1.29 is 9.53 Å². The van der Waals surface area contributed by atoms with Gasteiger partial charge in [0.15, 0.2) is 0 Å². The monoisotopic (exact) mass is 530 g/mol. The van der Waals surface area contributed by atoms with Gasteiger partial charge in [0, 0.05) is 30.8 Å². The van der Waals surface area contributed by atoms with Crippen molar-refractivity contribution in [2.45, 2.75) is 39.8 Å². The first-order valence-corrected chi connectivity index (χ1v) is 12.8. The Bertz CT molecular complexity index is 1270. The molecule has 1 aliphatic heterocycles. The van der Waals surface area contributed by atoms with Crippen LogP contribution in [0.15, 0.2) is 34.0 Å². The van der Waals surface area contributed by atoms with Crippen LogP contribution < -0.4 is 10.9 Å². The number of rotatable bonds is 10. The lowest BCUT2D eigenvalue weighted by Gasteiger charge is -2.20. The predicted octanol–water partition coefficient (Wildman–Crippen LogP) is 4.94. The number of anilines is 1. The van der Waals surface area contributed by atoms with Gasteiger partial charge in [0.25, 0.3) is 11.5 Å². The molecule has 1 saturated heterocycles. The normalized spacial score (nSPS) is 14.6. The Balaban J connectivity index is 2.14. The van der Waals surface area contributed by atoms with Crippen LogP contribution in [0.4, 0.5) is 5.82 Å². The Morgan fingerprint density at radius 2 is 2.03 bits per heavy atom. The van der Waals surface area contributed by atoms with Gasteiger partial charge in [-0.15, -0.1) is 0 Å². The number of thioether (sulfide) groups is 1. The summed E-state index contributed by atoms with van der Waals surface area (Å²) in [5, 5.41) is 13.7. The minimum absolute atomic E-state index is 0.0607. The highest BCUT2D eigenvalue weighted by atomic mass is 35.5. The van der Waals surface area contributed by atoms with Crippen LogP contribution in [-0.4, -0.2) is 40.0 Å². The highest BCUT2D eigenvalue weighted by molar-refractivity contribution is 8.26. The number of nitrogens with zero attached hydrogens (tertiary/aromatic N) is 3. The van der Waals surface area contributed by atoms with E-state index in [1.165, 1.54) is 16.7 Å². The number of nitrogens with one attached hydrogen (secondary N) is 1. The fourth-order valence-corrected chi connectivity index (χ4v) is 5.20. The van der Waals surface area contributed by atoms with Gasteiger partial charge in [-0.2, -0.15) is 5.26 Å². The Morgan fingerprint density at radius 1 is 1.29 bits per heavy atom. The third-order valence-corrected chi connectivity index (χ3v) is 7.43. The molecule has 0 saturated carbocycles. The van der Waals surface area contributed by atoms with Crippen molar-refractivity contribution in [1.82, 2.24) is 9.47 Å². The van der Waals surface area contributed by atoms with Gasteiger partial charge in [0.05, 0.1) is 18.1 Å². The number of halogens is 1. The van der Waals surface area contributed by atoms with Crippen molar-refractivity contribution in [3.63, 3.8) is 0 Å². The number of pyridine rings is 1. The molecule has 0 aliphatic carbocycles. The first-order valence-electron chi connectivity index (χ1n) is 11.2. The SMILES string of the molecule is CCCCn1c(NCc2ccccc2Cl)c(/C=C2/SC(=S)N(CCOC)C2=O)c(C)c(C#N)c1=O. The zero-order valence-electron chi connectivity index (χ0n) is 19.9. The molecule has 0 atom stereocenters. The van der Waals surface area contributed by atoms with Crippen LogP contribution >= 0.6 is 35.6 Å². The molecule has 1 N–H and O–H groups in total. The lowest BCUT2D eigenvalue weighted by atomic mass is 10.0. The first kappa shape index (κ1) is 27.0. The molecule has 0 spiro atoms. The van der Waals surface area contributed by atoms with Crippen LogP contribution in [-0.2, 0) is 22.6 Å². The second-order valence-electron chi connectivity index (χ2n) is 7.96. The Hall–Kier alpha value is -2.64. The molecular formula is C25H27ClN4O3S2. The van der Waals surface area contributed by atoms with Crippen molar-refractivity contribution in [2.24, 2.45) is 0 Å². The summed E-state index contributed by atoms with van der Waals surface area (Å²) in [6.45, 7) is 5.28. The fourth-order valence-electron chi connectivity index (χ4n) is 3.71. The van der Waals surface area contributed by atoms with Crippen LogP contribution in [0.1, 0.15) is 42.0 Å². The number of carbonyl (C=O) groups excluding carboxylic acids is 1. The van der Waals surface area contributed by atoms with Crippen molar-refractivity contribution in [2.75, 3.05) is 25.6 Å². The highest BCUT2D eigenvalue weighted by Crippen LogP contribution is 2.35. The molecule has 3 rings (SSSR count). The van der Waals surface area contributed by atoms with E-state index in [0.29, 0.717) is 57.4 Å². The highest BCUT2D eigenvalue weighted by Gasteiger charge is 2.32. The quantitative estimate of drug-likeness (QED) is 0.344. The van der Waals surface area contributed by atoms with E-state index in [4.69, 9.17) is 28.6 Å². The smallest absolute Gasteiger partial charge is 0.270 e. The molecule has 1 fully saturated rings. The summed E-state index contributed by atoms with van der Waals surface area (Å²) in [6, 6.07) is 9.51. The van der Waals surface area contributed by atoms with Crippen molar-refractivity contribution in [3.05, 3.63) is 66.8 Å². The van der Waals surface area contributed by atoms with Crippen molar-refractivity contribution in [1.29, 1.82) is 5.26 Å². The van der Waals surface area contributed by atoms with E-state index in [-0.39, 0.29) is 17.0 Å². The number of unbranched alkanes of at least 4 members (excludes halogenated alkanes) is 1. The van der Waals surface area contributed by atoms with E-state index in [1.807, 2.05) is 25.1 Å². The van der Waals surface area contributed by atoms with E-state index < -0.39 is 0 Å². The molecule has 2 heterocycles. The summed E-state index contributed by atoms with van der Waals surface area (Å²) < 4.78 is 7.13. The maximum Gasteiger partial charge on any atom is 0.270 e. The number of hydrogen-bond donors (Lipinski definition) is 1. The van der Waals surface area contributed by atoms with Crippen LogP contribution in [0.3, 0.4) is 0 Å². The second-order valence-corrected chi connectivity index (χ2v) is 10.0. The molecular weight excluding hydrogens is 504 g/mol. The summed E-state index contributed by atoms with van der Waals surface area (Å²) in [5.41, 5.74) is 1.68. The van der Waals surface area contributed by atoms with Crippen LogP contribution in [0.25, 0.3) is 6.08 Å². The molecule has 35 heavy (non-hydrogen) atoms. The summed E-state index contributed by atoms with van der Waals surface area (Å²) >= 11 is 13.0. The summed E-state index contributed by atoms with van der Waals surface area (Å²) in [5.74, 6) is 0.320. The zero-order chi connectivity index (χ0) is 25.5. The van der Waals surface area contributed by atoms with Gasteiger partial charge >= 0.3 is 0 Å². The molecule has 1 amide bonds. The van der Waals surface area contributed by atoms with Crippen molar-refractivity contribution >= 4 is 57.7 Å². The largest absolute Gasteiger partial charge is 0.383 e. The van der Waals surface area contributed by atoms with E-state index in [1.54, 1.807) is 30.7 Å². The number of hydrogen-bond acceptors (Lipinski definition) is 7. The van der Waals surface area contributed by atoms with E-state index >= 15 is 0 Å².